The lowest BCUT2D eigenvalue weighted by atomic mass is 10.3. The van der Waals surface area contributed by atoms with Gasteiger partial charge < -0.3 is 9.15 Å². The number of methoxy groups -OCH3 is 1. The number of carbonyl (C=O) groups is 1. The first-order valence-electron chi connectivity index (χ1n) is 5.98. The lowest BCUT2D eigenvalue weighted by Gasteiger charge is -1.96. The van der Waals surface area contributed by atoms with E-state index in [4.69, 9.17) is 9.15 Å². The summed E-state index contributed by atoms with van der Waals surface area (Å²) in [6.07, 6.45) is 0. The molecule has 3 aromatic rings. The molecular formula is C14H12N2O3S. The van der Waals surface area contributed by atoms with Crippen LogP contribution in [0.3, 0.4) is 0 Å². The van der Waals surface area contributed by atoms with Crippen molar-refractivity contribution in [2.45, 2.75) is 6.92 Å². The number of nitrogens with one attached hydrogen (secondary N) is 1. The summed E-state index contributed by atoms with van der Waals surface area (Å²) >= 11 is 1.39. The van der Waals surface area contributed by atoms with Crippen molar-refractivity contribution in [3.63, 3.8) is 0 Å². The number of hydrogen-bond donors (Lipinski definition) is 1. The average Bonchev–Trinajstić information content (AvgIpc) is 3.03. The maximum absolute atomic E-state index is 12.0. The van der Waals surface area contributed by atoms with Crippen LogP contribution in [0.4, 0.5) is 5.13 Å². The van der Waals surface area contributed by atoms with E-state index in [-0.39, 0.29) is 11.7 Å². The Bertz CT molecular complexity index is 776. The van der Waals surface area contributed by atoms with Crippen LogP contribution in [0.5, 0.6) is 5.75 Å². The van der Waals surface area contributed by atoms with Crippen molar-refractivity contribution in [3.05, 3.63) is 41.9 Å². The zero-order valence-corrected chi connectivity index (χ0v) is 11.8. The molecular weight excluding hydrogens is 276 g/mol. The minimum Gasteiger partial charge on any atom is -0.497 e. The smallest absolute Gasteiger partial charge is 0.293 e. The molecule has 0 radical (unpaired) electrons. The Labute approximate surface area is 119 Å². The molecule has 1 aromatic carbocycles. The maximum Gasteiger partial charge on any atom is 0.293 e. The van der Waals surface area contributed by atoms with Crippen molar-refractivity contribution in [1.82, 2.24) is 4.98 Å². The highest BCUT2D eigenvalue weighted by Crippen LogP contribution is 2.29. The van der Waals surface area contributed by atoms with E-state index in [0.717, 1.165) is 16.0 Å². The predicted molar refractivity (Wildman–Crippen MR) is 77.6 cm³/mol. The first-order chi connectivity index (χ1) is 9.65. The number of aryl methyl sites for hydroxylation is 1. The van der Waals surface area contributed by atoms with Gasteiger partial charge in [-0.05, 0) is 37.3 Å². The highest BCUT2D eigenvalue weighted by atomic mass is 32.1. The lowest BCUT2D eigenvalue weighted by molar-refractivity contribution is 0.0995. The SMILES string of the molecule is COc1ccc2nc(NC(=O)c3ccc(C)o3)sc2c1. The summed E-state index contributed by atoms with van der Waals surface area (Å²) in [5.74, 6) is 1.44. The van der Waals surface area contributed by atoms with Gasteiger partial charge in [-0.15, -0.1) is 0 Å². The second-order valence-electron chi connectivity index (χ2n) is 4.22. The van der Waals surface area contributed by atoms with Gasteiger partial charge in [0.25, 0.3) is 5.91 Å². The Morgan fingerprint density at radius 2 is 2.20 bits per heavy atom. The van der Waals surface area contributed by atoms with E-state index in [1.165, 1.54) is 11.3 Å². The van der Waals surface area contributed by atoms with Gasteiger partial charge in [-0.25, -0.2) is 4.98 Å². The van der Waals surface area contributed by atoms with E-state index in [1.807, 2.05) is 18.2 Å². The number of anilines is 1. The second kappa shape index (κ2) is 4.97. The van der Waals surface area contributed by atoms with Crippen LogP contribution in [0.25, 0.3) is 10.2 Å². The highest BCUT2D eigenvalue weighted by Gasteiger charge is 2.13. The van der Waals surface area contributed by atoms with Crippen molar-refractivity contribution < 1.29 is 13.9 Å². The van der Waals surface area contributed by atoms with Gasteiger partial charge in [0.15, 0.2) is 10.9 Å². The van der Waals surface area contributed by atoms with Crippen molar-refractivity contribution in [2.24, 2.45) is 0 Å². The van der Waals surface area contributed by atoms with Gasteiger partial charge in [-0.2, -0.15) is 0 Å². The molecule has 0 aliphatic rings. The zero-order valence-electron chi connectivity index (χ0n) is 11.0. The largest absolute Gasteiger partial charge is 0.497 e. The molecule has 5 nitrogen and oxygen atoms in total. The van der Waals surface area contributed by atoms with E-state index < -0.39 is 0 Å². The summed E-state index contributed by atoms with van der Waals surface area (Å²) in [5, 5.41) is 3.27. The molecule has 102 valence electrons. The highest BCUT2D eigenvalue weighted by molar-refractivity contribution is 7.22. The van der Waals surface area contributed by atoms with Gasteiger partial charge in [0.2, 0.25) is 0 Å². The average molecular weight is 288 g/mol. The van der Waals surface area contributed by atoms with Crippen LogP contribution >= 0.6 is 11.3 Å². The number of nitrogens with zero attached hydrogens (tertiary/aromatic N) is 1. The van der Waals surface area contributed by atoms with Gasteiger partial charge in [0.05, 0.1) is 17.3 Å². The van der Waals surface area contributed by atoms with Gasteiger partial charge in [-0.1, -0.05) is 11.3 Å². The predicted octanol–water partition coefficient (Wildman–Crippen LogP) is 3.46. The fourth-order valence-electron chi connectivity index (χ4n) is 1.80. The van der Waals surface area contributed by atoms with Crippen LogP contribution in [0.15, 0.2) is 34.7 Å². The van der Waals surface area contributed by atoms with E-state index in [2.05, 4.69) is 10.3 Å². The molecule has 1 amide bonds. The third-order valence-corrected chi connectivity index (χ3v) is 3.71. The monoisotopic (exact) mass is 288 g/mol. The van der Waals surface area contributed by atoms with Gasteiger partial charge >= 0.3 is 0 Å². The number of amides is 1. The summed E-state index contributed by atoms with van der Waals surface area (Å²) in [6, 6.07) is 8.97. The third kappa shape index (κ3) is 2.37. The van der Waals surface area contributed by atoms with E-state index in [9.17, 15) is 4.79 Å². The molecule has 0 spiro atoms. The Balaban J connectivity index is 1.85. The molecule has 2 aromatic heterocycles. The molecule has 6 heteroatoms. The van der Waals surface area contributed by atoms with Crippen molar-refractivity contribution in [3.8, 4) is 5.75 Å². The number of ether oxygens (including phenoxy) is 1. The van der Waals surface area contributed by atoms with Crippen LogP contribution in [0.1, 0.15) is 16.3 Å². The second-order valence-corrected chi connectivity index (χ2v) is 5.25. The standard InChI is InChI=1S/C14H12N2O3S/c1-8-3-6-11(19-8)13(17)16-14-15-10-5-4-9(18-2)7-12(10)20-14/h3-7H,1-2H3,(H,15,16,17). The van der Waals surface area contributed by atoms with Crippen LogP contribution in [-0.4, -0.2) is 18.0 Å². The van der Waals surface area contributed by atoms with Gasteiger partial charge in [0, 0.05) is 0 Å². The molecule has 20 heavy (non-hydrogen) atoms. The van der Waals surface area contributed by atoms with Crippen LogP contribution < -0.4 is 10.1 Å². The lowest BCUT2D eigenvalue weighted by Crippen LogP contribution is -2.10. The molecule has 0 atom stereocenters. The quantitative estimate of drug-likeness (QED) is 0.801. The Hall–Kier alpha value is -2.34. The fraction of sp³-hybridized carbons (Fsp3) is 0.143. The molecule has 0 aliphatic carbocycles. The van der Waals surface area contributed by atoms with Crippen molar-refractivity contribution in [1.29, 1.82) is 0 Å². The molecule has 0 bridgehead atoms. The first-order valence-corrected chi connectivity index (χ1v) is 6.80. The number of benzene rings is 1. The van der Waals surface area contributed by atoms with E-state index in [1.54, 1.807) is 26.2 Å². The number of furan rings is 1. The van der Waals surface area contributed by atoms with Crippen molar-refractivity contribution >= 4 is 32.6 Å². The molecule has 2 heterocycles. The topological polar surface area (TPSA) is 64.4 Å². The first kappa shape index (κ1) is 12.7. The van der Waals surface area contributed by atoms with Gasteiger partial charge in [0.1, 0.15) is 11.5 Å². The Kier molecular flexibility index (Phi) is 3.15. The number of rotatable bonds is 3. The summed E-state index contributed by atoms with van der Waals surface area (Å²) in [7, 11) is 1.62. The van der Waals surface area contributed by atoms with Crippen LogP contribution in [0, 0.1) is 6.92 Å². The van der Waals surface area contributed by atoms with Crippen LogP contribution in [0.2, 0.25) is 0 Å². The van der Waals surface area contributed by atoms with Crippen LogP contribution in [-0.2, 0) is 0 Å². The van der Waals surface area contributed by atoms with Gasteiger partial charge in [-0.3, -0.25) is 10.1 Å². The molecule has 3 rings (SSSR count). The zero-order chi connectivity index (χ0) is 14.1. The molecule has 1 N–H and O–H groups in total. The molecule has 0 aliphatic heterocycles. The summed E-state index contributed by atoms with van der Waals surface area (Å²) in [5.41, 5.74) is 0.821. The fourth-order valence-corrected chi connectivity index (χ4v) is 2.69. The minimum absolute atomic E-state index is 0.277. The number of carbonyl (C=O) groups excluding carboxylic acids is 1. The summed E-state index contributed by atoms with van der Waals surface area (Å²) in [4.78, 5) is 16.3. The number of thiazole rings is 1. The van der Waals surface area contributed by atoms with Crippen molar-refractivity contribution in [2.75, 3.05) is 12.4 Å². The Morgan fingerprint density at radius 1 is 1.35 bits per heavy atom. The summed E-state index contributed by atoms with van der Waals surface area (Å²) in [6.45, 7) is 1.79. The Morgan fingerprint density at radius 3 is 2.90 bits per heavy atom. The maximum atomic E-state index is 12.0. The minimum atomic E-state index is -0.302. The number of hydrogen-bond acceptors (Lipinski definition) is 5. The number of aromatic nitrogens is 1. The third-order valence-electron chi connectivity index (χ3n) is 2.78. The molecule has 0 fully saturated rings. The van der Waals surface area contributed by atoms with E-state index >= 15 is 0 Å². The molecule has 0 saturated carbocycles. The molecule has 0 saturated heterocycles. The number of fused-ring (bicyclic) bond motifs is 1. The summed E-state index contributed by atoms with van der Waals surface area (Å²) < 4.78 is 11.4. The molecule has 0 unspecified atom stereocenters. The normalized spacial score (nSPS) is 10.7. The van der Waals surface area contributed by atoms with E-state index in [0.29, 0.717) is 10.9 Å².